The van der Waals surface area contributed by atoms with Crippen molar-refractivity contribution in [1.29, 1.82) is 0 Å². The first kappa shape index (κ1) is 15.5. The minimum absolute atomic E-state index is 0.00473. The molecule has 0 atom stereocenters. The van der Waals surface area contributed by atoms with E-state index in [0.29, 0.717) is 39.2 Å². The minimum Gasteiger partial charge on any atom is -0.494 e. The quantitative estimate of drug-likeness (QED) is 0.620. The van der Waals surface area contributed by atoms with Crippen molar-refractivity contribution in [2.75, 3.05) is 33.0 Å². The predicted octanol–water partition coefficient (Wildman–Crippen LogP) is 0.971. The van der Waals surface area contributed by atoms with Crippen molar-refractivity contribution in [2.45, 2.75) is 12.8 Å². The van der Waals surface area contributed by atoms with Crippen LogP contribution >= 0.6 is 0 Å². The molecule has 1 rings (SSSR count). The molecule has 5 heteroatoms. The highest BCUT2D eigenvalue weighted by Crippen LogP contribution is 2.08. The summed E-state index contributed by atoms with van der Waals surface area (Å²) in [6.07, 6.45) is 1.12. The fourth-order valence-electron chi connectivity index (χ4n) is 1.46. The summed E-state index contributed by atoms with van der Waals surface area (Å²) in [7, 11) is 0. The SMILES string of the molecule is O=C(CCCOc1ccccc1)NCCOCCO. The molecule has 1 amide bonds. The van der Waals surface area contributed by atoms with Crippen molar-refractivity contribution < 1.29 is 19.4 Å². The number of nitrogens with one attached hydrogen (secondary N) is 1. The second-order valence-corrected chi connectivity index (χ2v) is 3.95. The molecule has 0 unspecified atom stereocenters. The Hall–Kier alpha value is -1.59. The van der Waals surface area contributed by atoms with Crippen LogP contribution in [0.2, 0.25) is 0 Å². The number of rotatable bonds is 10. The standard InChI is InChI=1S/C14H21NO4/c16-9-12-18-11-8-15-14(17)7-4-10-19-13-5-2-1-3-6-13/h1-3,5-6,16H,4,7-12H2,(H,15,17). The maximum absolute atomic E-state index is 11.4. The first-order valence-corrected chi connectivity index (χ1v) is 6.46. The molecule has 5 nitrogen and oxygen atoms in total. The van der Waals surface area contributed by atoms with E-state index in [1.807, 2.05) is 30.3 Å². The lowest BCUT2D eigenvalue weighted by Crippen LogP contribution is -2.27. The fraction of sp³-hybridized carbons (Fsp3) is 0.500. The molecule has 0 bridgehead atoms. The van der Waals surface area contributed by atoms with E-state index in [-0.39, 0.29) is 12.5 Å². The van der Waals surface area contributed by atoms with Crippen LogP contribution in [0.1, 0.15) is 12.8 Å². The highest BCUT2D eigenvalue weighted by Gasteiger charge is 2.00. The van der Waals surface area contributed by atoms with Gasteiger partial charge in [0.2, 0.25) is 5.91 Å². The third-order valence-electron chi connectivity index (χ3n) is 2.36. The summed E-state index contributed by atoms with van der Waals surface area (Å²) in [4.78, 5) is 11.4. The summed E-state index contributed by atoms with van der Waals surface area (Å²) in [6.45, 7) is 1.73. The number of para-hydroxylation sites is 1. The summed E-state index contributed by atoms with van der Waals surface area (Å²) in [5, 5.41) is 11.2. The third kappa shape index (κ3) is 8.18. The molecule has 0 aliphatic rings. The van der Waals surface area contributed by atoms with Crippen LogP contribution in [0.25, 0.3) is 0 Å². The molecular formula is C14H21NO4. The second kappa shape index (κ2) is 10.3. The van der Waals surface area contributed by atoms with Crippen LogP contribution in [0, 0.1) is 0 Å². The molecule has 0 heterocycles. The maximum atomic E-state index is 11.4. The van der Waals surface area contributed by atoms with Crippen LogP contribution in [0.3, 0.4) is 0 Å². The van der Waals surface area contributed by atoms with Crippen LogP contribution in [-0.4, -0.2) is 44.0 Å². The zero-order chi connectivity index (χ0) is 13.8. The van der Waals surface area contributed by atoms with Gasteiger partial charge in [0.1, 0.15) is 5.75 Å². The summed E-state index contributed by atoms with van der Waals surface area (Å²) in [6, 6.07) is 9.53. The van der Waals surface area contributed by atoms with Gasteiger partial charge in [-0.05, 0) is 18.6 Å². The Balaban J connectivity index is 1.95. The van der Waals surface area contributed by atoms with Gasteiger partial charge >= 0.3 is 0 Å². The van der Waals surface area contributed by atoms with Crippen molar-refractivity contribution >= 4 is 5.91 Å². The Morgan fingerprint density at radius 1 is 1.16 bits per heavy atom. The van der Waals surface area contributed by atoms with Crippen LogP contribution < -0.4 is 10.1 Å². The van der Waals surface area contributed by atoms with Gasteiger partial charge in [-0.3, -0.25) is 4.79 Å². The highest BCUT2D eigenvalue weighted by molar-refractivity contribution is 5.75. The van der Waals surface area contributed by atoms with E-state index in [9.17, 15) is 4.79 Å². The van der Waals surface area contributed by atoms with Gasteiger partial charge in [0.15, 0.2) is 0 Å². The van der Waals surface area contributed by atoms with Crippen molar-refractivity contribution in [3.05, 3.63) is 30.3 Å². The molecule has 1 aromatic carbocycles. The maximum Gasteiger partial charge on any atom is 0.220 e. The average molecular weight is 267 g/mol. The van der Waals surface area contributed by atoms with E-state index in [4.69, 9.17) is 14.6 Å². The number of hydrogen-bond donors (Lipinski definition) is 2. The Labute approximate surface area is 113 Å². The van der Waals surface area contributed by atoms with E-state index >= 15 is 0 Å². The molecule has 0 aliphatic heterocycles. The molecule has 0 aromatic heterocycles. The lowest BCUT2D eigenvalue weighted by atomic mass is 10.3. The topological polar surface area (TPSA) is 67.8 Å². The number of carbonyl (C=O) groups is 1. The van der Waals surface area contributed by atoms with Gasteiger partial charge in [-0.15, -0.1) is 0 Å². The zero-order valence-electron chi connectivity index (χ0n) is 11.0. The first-order valence-electron chi connectivity index (χ1n) is 6.46. The molecule has 0 aliphatic carbocycles. The molecule has 0 saturated carbocycles. The summed E-state index contributed by atoms with van der Waals surface area (Å²) in [5.41, 5.74) is 0. The number of benzene rings is 1. The van der Waals surface area contributed by atoms with Gasteiger partial charge in [-0.25, -0.2) is 0 Å². The van der Waals surface area contributed by atoms with Crippen LogP contribution in [0.4, 0.5) is 0 Å². The summed E-state index contributed by atoms with van der Waals surface area (Å²) < 4.78 is 10.5. The molecule has 0 saturated heterocycles. The molecule has 106 valence electrons. The molecule has 0 fully saturated rings. The van der Waals surface area contributed by atoms with Crippen LogP contribution in [0.5, 0.6) is 5.75 Å². The van der Waals surface area contributed by atoms with Crippen molar-refractivity contribution in [2.24, 2.45) is 0 Å². The Morgan fingerprint density at radius 3 is 2.68 bits per heavy atom. The average Bonchev–Trinajstić information content (AvgIpc) is 2.44. The molecule has 0 spiro atoms. The highest BCUT2D eigenvalue weighted by atomic mass is 16.5. The van der Waals surface area contributed by atoms with E-state index < -0.39 is 0 Å². The molecule has 19 heavy (non-hydrogen) atoms. The number of hydrogen-bond acceptors (Lipinski definition) is 4. The first-order chi connectivity index (χ1) is 9.33. The normalized spacial score (nSPS) is 10.2. The summed E-state index contributed by atoms with van der Waals surface area (Å²) >= 11 is 0. The predicted molar refractivity (Wildman–Crippen MR) is 72.1 cm³/mol. The smallest absolute Gasteiger partial charge is 0.220 e. The molecule has 2 N–H and O–H groups in total. The van der Waals surface area contributed by atoms with E-state index in [2.05, 4.69) is 5.32 Å². The van der Waals surface area contributed by atoms with Gasteiger partial charge in [0.25, 0.3) is 0 Å². The van der Waals surface area contributed by atoms with Gasteiger partial charge < -0.3 is 19.9 Å². The summed E-state index contributed by atoms with van der Waals surface area (Å²) in [5.74, 6) is 0.810. The minimum atomic E-state index is -0.00994. The molecular weight excluding hydrogens is 246 g/mol. The Morgan fingerprint density at radius 2 is 1.95 bits per heavy atom. The lowest BCUT2D eigenvalue weighted by Gasteiger charge is -2.07. The molecule has 1 aromatic rings. The van der Waals surface area contributed by atoms with E-state index in [1.165, 1.54) is 0 Å². The largest absolute Gasteiger partial charge is 0.494 e. The number of carbonyl (C=O) groups excluding carboxylic acids is 1. The Kier molecular flexibility index (Phi) is 8.42. The molecule has 0 radical (unpaired) electrons. The fourth-order valence-corrected chi connectivity index (χ4v) is 1.46. The Bertz CT molecular complexity index is 343. The van der Waals surface area contributed by atoms with Gasteiger partial charge in [0.05, 0.1) is 26.4 Å². The number of aliphatic hydroxyl groups excluding tert-OH is 1. The van der Waals surface area contributed by atoms with E-state index in [1.54, 1.807) is 0 Å². The monoisotopic (exact) mass is 267 g/mol. The van der Waals surface area contributed by atoms with E-state index in [0.717, 1.165) is 5.75 Å². The number of ether oxygens (including phenoxy) is 2. The van der Waals surface area contributed by atoms with Crippen LogP contribution in [0.15, 0.2) is 30.3 Å². The van der Waals surface area contributed by atoms with Gasteiger partial charge in [-0.2, -0.15) is 0 Å². The number of amides is 1. The van der Waals surface area contributed by atoms with Crippen LogP contribution in [-0.2, 0) is 9.53 Å². The van der Waals surface area contributed by atoms with Gasteiger partial charge in [0, 0.05) is 13.0 Å². The van der Waals surface area contributed by atoms with Crippen molar-refractivity contribution in [1.82, 2.24) is 5.32 Å². The van der Waals surface area contributed by atoms with Gasteiger partial charge in [-0.1, -0.05) is 18.2 Å². The lowest BCUT2D eigenvalue weighted by molar-refractivity contribution is -0.121. The second-order valence-electron chi connectivity index (χ2n) is 3.95. The van der Waals surface area contributed by atoms with Crippen molar-refractivity contribution in [3.63, 3.8) is 0 Å². The van der Waals surface area contributed by atoms with Crippen molar-refractivity contribution in [3.8, 4) is 5.75 Å². The number of aliphatic hydroxyl groups is 1. The zero-order valence-corrected chi connectivity index (χ0v) is 11.0. The third-order valence-corrected chi connectivity index (χ3v) is 2.36.